The molecule has 0 amide bonds. The van der Waals surface area contributed by atoms with Gasteiger partial charge in [-0.1, -0.05) is 32.9 Å². The van der Waals surface area contributed by atoms with Crippen LogP contribution in [-0.4, -0.2) is 0 Å². The van der Waals surface area contributed by atoms with Crippen molar-refractivity contribution in [3.05, 3.63) is 59.4 Å². The van der Waals surface area contributed by atoms with Gasteiger partial charge in [0.05, 0.1) is 0 Å². The number of benzene rings is 2. The molecule has 0 saturated carbocycles. The van der Waals surface area contributed by atoms with Crippen LogP contribution >= 0.6 is 0 Å². The van der Waals surface area contributed by atoms with E-state index in [0.29, 0.717) is 17.1 Å². The minimum Gasteiger partial charge on any atom is -0.457 e. The van der Waals surface area contributed by atoms with Crippen LogP contribution in [0.2, 0.25) is 0 Å². The predicted octanol–water partition coefficient (Wildman–Crippen LogP) is 4.76. The Morgan fingerprint density at radius 3 is 2.29 bits per heavy atom. The first-order valence-corrected chi connectivity index (χ1v) is 7.22. The van der Waals surface area contributed by atoms with Crippen LogP contribution in [-0.2, 0) is 12.0 Å². The number of hydrogen-bond donors (Lipinski definition) is 1. The zero-order chi connectivity index (χ0) is 15.5. The third kappa shape index (κ3) is 3.82. The van der Waals surface area contributed by atoms with E-state index >= 15 is 0 Å². The average molecular weight is 287 g/mol. The molecule has 3 heteroatoms. The number of halogens is 1. The third-order valence-corrected chi connectivity index (χ3v) is 3.92. The zero-order valence-electron chi connectivity index (χ0n) is 12.8. The first kappa shape index (κ1) is 15.5. The van der Waals surface area contributed by atoms with E-state index in [1.54, 1.807) is 6.07 Å². The highest BCUT2D eigenvalue weighted by Gasteiger charge is 2.17. The fraction of sp³-hybridized carbons (Fsp3) is 0.333. The molecule has 2 aromatic carbocycles. The van der Waals surface area contributed by atoms with E-state index in [0.717, 1.165) is 6.42 Å². The normalized spacial score (nSPS) is 11.5. The molecule has 0 atom stereocenters. The number of hydrogen-bond acceptors (Lipinski definition) is 2. The van der Waals surface area contributed by atoms with E-state index < -0.39 is 0 Å². The third-order valence-electron chi connectivity index (χ3n) is 3.92. The summed E-state index contributed by atoms with van der Waals surface area (Å²) in [6, 6.07) is 12.5. The van der Waals surface area contributed by atoms with Crippen LogP contribution in [0.15, 0.2) is 42.5 Å². The quantitative estimate of drug-likeness (QED) is 0.860. The molecule has 112 valence electrons. The van der Waals surface area contributed by atoms with Gasteiger partial charge < -0.3 is 10.5 Å². The Morgan fingerprint density at radius 1 is 1.05 bits per heavy atom. The molecule has 0 radical (unpaired) electrons. The van der Waals surface area contributed by atoms with E-state index in [1.165, 1.54) is 17.7 Å². The van der Waals surface area contributed by atoms with E-state index in [9.17, 15) is 4.39 Å². The van der Waals surface area contributed by atoms with Gasteiger partial charge in [-0.2, -0.15) is 0 Å². The Bertz CT molecular complexity index is 605. The van der Waals surface area contributed by atoms with Crippen molar-refractivity contribution in [2.75, 3.05) is 0 Å². The van der Waals surface area contributed by atoms with Gasteiger partial charge in [0.2, 0.25) is 0 Å². The van der Waals surface area contributed by atoms with Crippen molar-refractivity contribution in [1.29, 1.82) is 0 Å². The summed E-state index contributed by atoms with van der Waals surface area (Å²) in [6.07, 6.45) is 1.07. The van der Waals surface area contributed by atoms with Gasteiger partial charge in [0.25, 0.3) is 0 Å². The Kier molecular flexibility index (Phi) is 4.63. The van der Waals surface area contributed by atoms with Crippen LogP contribution < -0.4 is 10.5 Å². The van der Waals surface area contributed by atoms with Gasteiger partial charge in [-0.3, -0.25) is 0 Å². The molecule has 0 fully saturated rings. The van der Waals surface area contributed by atoms with Gasteiger partial charge in [-0.15, -0.1) is 0 Å². The Balaban J connectivity index is 2.19. The topological polar surface area (TPSA) is 35.2 Å². The second-order valence-electron chi connectivity index (χ2n) is 5.86. The highest BCUT2D eigenvalue weighted by atomic mass is 19.1. The predicted molar refractivity (Wildman–Crippen MR) is 84.1 cm³/mol. The van der Waals surface area contributed by atoms with Crippen LogP contribution in [0.5, 0.6) is 11.5 Å². The smallest absolute Gasteiger partial charge is 0.130 e. The lowest BCUT2D eigenvalue weighted by Crippen LogP contribution is -2.14. The van der Waals surface area contributed by atoms with Crippen LogP contribution in [0.1, 0.15) is 38.3 Å². The van der Waals surface area contributed by atoms with Gasteiger partial charge >= 0.3 is 0 Å². The van der Waals surface area contributed by atoms with E-state index in [2.05, 4.69) is 32.9 Å². The molecule has 0 spiro atoms. The molecule has 0 saturated heterocycles. The van der Waals surface area contributed by atoms with Crippen molar-refractivity contribution in [2.24, 2.45) is 5.73 Å². The maximum Gasteiger partial charge on any atom is 0.130 e. The molecule has 0 aliphatic heterocycles. The molecule has 0 bridgehead atoms. The Hall–Kier alpha value is -1.87. The monoisotopic (exact) mass is 287 g/mol. The minimum absolute atomic E-state index is 0.143. The summed E-state index contributed by atoms with van der Waals surface area (Å²) in [4.78, 5) is 0. The highest BCUT2D eigenvalue weighted by Crippen LogP contribution is 2.30. The lowest BCUT2D eigenvalue weighted by atomic mass is 9.82. The van der Waals surface area contributed by atoms with Crippen molar-refractivity contribution in [2.45, 2.75) is 39.2 Å². The van der Waals surface area contributed by atoms with Crippen LogP contribution in [0.3, 0.4) is 0 Å². The van der Waals surface area contributed by atoms with Gasteiger partial charge in [0.1, 0.15) is 17.3 Å². The summed E-state index contributed by atoms with van der Waals surface area (Å²) >= 11 is 0. The van der Waals surface area contributed by atoms with Crippen LogP contribution in [0.25, 0.3) is 0 Å². The molecule has 0 aliphatic carbocycles. The Morgan fingerprint density at radius 2 is 1.71 bits per heavy atom. The molecule has 2 N–H and O–H groups in total. The highest BCUT2D eigenvalue weighted by molar-refractivity contribution is 5.37. The van der Waals surface area contributed by atoms with Crippen molar-refractivity contribution in [3.8, 4) is 11.5 Å². The molecule has 0 aliphatic rings. The second-order valence-corrected chi connectivity index (χ2v) is 5.86. The van der Waals surface area contributed by atoms with Gasteiger partial charge in [0.15, 0.2) is 0 Å². The molecule has 0 unspecified atom stereocenters. The lowest BCUT2D eigenvalue weighted by Gasteiger charge is -2.23. The molecular weight excluding hydrogens is 265 g/mol. The van der Waals surface area contributed by atoms with Crippen molar-refractivity contribution in [1.82, 2.24) is 0 Å². The SMILES string of the molecule is CCC(C)(C)c1ccc(Oc2cc(F)cc(CN)c2)cc1. The number of rotatable bonds is 5. The first-order chi connectivity index (χ1) is 9.94. The maximum atomic E-state index is 13.4. The summed E-state index contributed by atoms with van der Waals surface area (Å²) < 4.78 is 19.2. The van der Waals surface area contributed by atoms with Crippen molar-refractivity contribution >= 4 is 0 Å². The summed E-state index contributed by atoms with van der Waals surface area (Å²) in [5, 5.41) is 0. The van der Waals surface area contributed by atoms with E-state index in [4.69, 9.17) is 10.5 Å². The summed E-state index contributed by atoms with van der Waals surface area (Å²) in [5.41, 5.74) is 7.66. The average Bonchev–Trinajstić information content (AvgIpc) is 2.47. The fourth-order valence-electron chi connectivity index (χ4n) is 2.11. The Labute approximate surface area is 125 Å². The number of nitrogens with two attached hydrogens (primary N) is 1. The molecule has 2 nitrogen and oxygen atoms in total. The van der Waals surface area contributed by atoms with E-state index in [1.807, 2.05) is 12.1 Å². The van der Waals surface area contributed by atoms with Gasteiger partial charge in [0, 0.05) is 12.6 Å². The number of ether oxygens (including phenoxy) is 1. The maximum absolute atomic E-state index is 13.4. The zero-order valence-corrected chi connectivity index (χ0v) is 12.8. The lowest BCUT2D eigenvalue weighted by molar-refractivity contribution is 0.472. The second kappa shape index (κ2) is 6.27. The molecule has 0 aromatic heterocycles. The molecule has 0 heterocycles. The summed E-state index contributed by atoms with van der Waals surface area (Å²) in [5.74, 6) is 0.828. The van der Waals surface area contributed by atoms with Crippen molar-refractivity contribution in [3.63, 3.8) is 0 Å². The van der Waals surface area contributed by atoms with E-state index in [-0.39, 0.29) is 17.8 Å². The first-order valence-electron chi connectivity index (χ1n) is 7.22. The molecular formula is C18H22FNO. The van der Waals surface area contributed by atoms with Crippen molar-refractivity contribution < 1.29 is 9.13 Å². The van der Waals surface area contributed by atoms with Crippen LogP contribution in [0, 0.1) is 5.82 Å². The molecule has 21 heavy (non-hydrogen) atoms. The van der Waals surface area contributed by atoms with Gasteiger partial charge in [-0.05, 0) is 47.2 Å². The molecule has 2 aromatic rings. The fourth-order valence-corrected chi connectivity index (χ4v) is 2.11. The minimum atomic E-state index is -0.336. The summed E-state index contributed by atoms with van der Waals surface area (Å²) in [7, 11) is 0. The largest absolute Gasteiger partial charge is 0.457 e. The molecule has 2 rings (SSSR count). The standard InChI is InChI=1S/C18H22FNO/c1-4-18(2,3)14-5-7-16(8-6-14)21-17-10-13(12-20)9-15(19)11-17/h5-11H,4,12,20H2,1-3H3. The van der Waals surface area contributed by atoms with Gasteiger partial charge in [-0.25, -0.2) is 4.39 Å². The summed E-state index contributed by atoms with van der Waals surface area (Å²) in [6.45, 7) is 6.88. The van der Waals surface area contributed by atoms with Crippen LogP contribution in [0.4, 0.5) is 4.39 Å².